The number of nitroso groups, excluding NO2 is 1. The van der Waals surface area contributed by atoms with Crippen molar-refractivity contribution in [2.45, 2.75) is 84.0 Å². The second kappa shape index (κ2) is 21.6. The minimum Gasteiger partial charge on any atom is -0.488 e. The van der Waals surface area contributed by atoms with Gasteiger partial charge in [0.1, 0.15) is 24.0 Å². The molecule has 1 aromatic heterocycles. The number of benzene rings is 2. The largest absolute Gasteiger partial charge is 0.488 e. The molecule has 2 aromatic carbocycles. The minimum atomic E-state index is -1.14. The fourth-order valence-corrected chi connectivity index (χ4v) is 5.31. The number of alkyl carbamates (subject to hydrolysis) is 1. The van der Waals surface area contributed by atoms with Crippen LogP contribution in [0.4, 0.5) is 4.79 Å². The van der Waals surface area contributed by atoms with Gasteiger partial charge in [-0.1, -0.05) is 36.4 Å². The molecule has 1 unspecified atom stereocenters. The van der Waals surface area contributed by atoms with Crippen molar-refractivity contribution in [2.24, 2.45) is 11.0 Å². The molecule has 0 fully saturated rings. The lowest BCUT2D eigenvalue weighted by atomic mass is 10.1. The van der Waals surface area contributed by atoms with Crippen molar-refractivity contribution in [1.82, 2.24) is 31.3 Å². The van der Waals surface area contributed by atoms with Crippen LogP contribution in [0.5, 0.6) is 5.75 Å². The first kappa shape index (κ1) is 41.7. The molecule has 53 heavy (non-hydrogen) atoms. The van der Waals surface area contributed by atoms with Gasteiger partial charge in [-0.3, -0.25) is 24.2 Å². The van der Waals surface area contributed by atoms with Crippen molar-refractivity contribution in [1.29, 1.82) is 0 Å². The van der Waals surface area contributed by atoms with E-state index in [1.54, 1.807) is 27.0 Å². The minimum absolute atomic E-state index is 0.0585. The Hall–Kier alpha value is -5.67. The van der Waals surface area contributed by atoms with Gasteiger partial charge in [-0.05, 0) is 69.7 Å². The zero-order valence-electron chi connectivity index (χ0n) is 30.7. The van der Waals surface area contributed by atoms with Crippen molar-refractivity contribution in [3.63, 3.8) is 0 Å². The van der Waals surface area contributed by atoms with E-state index in [1.165, 1.54) is 5.01 Å². The Balaban J connectivity index is 1.34. The number of aromatic nitrogens is 1. The summed E-state index contributed by atoms with van der Waals surface area (Å²) in [6, 6.07) is 14.1. The van der Waals surface area contributed by atoms with Gasteiger partial charge < -0.3 is 41.5 Å². The maximum Gasteiger partial charge on any atom is 0.407 e. The summed E-state index contributed by atoms with van der Waals surface area (Å²) >= 11 is 0. The summed E-state index contributed by atoms with van der Waals surface area (Å²) in [4.78, 5) is 75.9. The van der Waals surface area contributed by atoms with Crippen LogP contribution in [-0.2, 0) is 36.9 Å². The number of rotatable bonds is 23. The normalized spacial score (nSPS) is 11.6. The van der Waals surface area contributed by atoms with Crippen molar-refractivity contribution < 1.29 is 33.4 Å². The summed E-state index contributed by atoms with van der Waals surface area (Å²) in [5.41, 5.74) is 7.25. The van der Waals surface area contributed by atoms with Gasteiger partial charge in [0, 0.05) is 56.2 Å². The van der Waals surface area contributed by atoms with Gasteiger partial charge in [-0.2, -0.15) is 0 Å². The van der Waals surface area contributed by atoms with E-state index in [0.29, 0.717) is 63.2 Å². The van der Waals surface area contributed by atoms with E-state index >= 15 is 0 Å². The summed E-state index contributed by atoms with van der Waals surface area (Å²) in [7, 11) is 0. The second-order valence-electron chi connectivity index (χ2n) is 13.5. The van der Waals surface area contributed by atoms with E-state index in [0.717, 1.165) is 16.5 Å². The first-order valence-electron chi connectivity index (χ1n) is 17.8. The Bertz CT molecular complexity index is 1660. The Morgan fingerprint density at radius 1 is 0.868 bits per heavy atom. The molecule has 3 rings (SSSR count). The number of amides is 5. The number of carbonyl (C=O) groups excluding carboxylic acids is 5. The van der Waals surface area contributed by atoms with Crippen molar-refractivity contribution in [3.05, 3.63) is 70.8 Å². The number of hydrogen-bond donors (Lipinski definition) is 6. The lowest BCUT2D eigenvalue weighted by Gasteiger charge is -2.20. The van der Waals surface area contributed by atoms with Crippen LogP contribution < -0.4 is 31.7 Å². The van der Waals surface area contributed by atoms with Crippen molar-refractivity contribution >= 4 is 40.6 Å². The molecule has 3 aromatic rings. The Kier molecular flexibility index (Phi) is 17.0. The number of hydrogen-bond acceptors (Lipinski definition) is 9. The van der Waals surface area contributed by atoms with Crippen LogP contribution in [-0.4, -0.2) is 84.1 Å². The third kappa shape index (κ3) is 16.0. The molecule has 1 atom stereocenters. The van der Waals surface area contributed by atoms with Gasteiger partial charge in [0.15, 0.2) is 0 Å². The lowest BCUT2D eigenvalue weighted by Crippen LogP contribution is -2.49. The molecule has 0 spiro atoms. The third-order valence-corrected chi connectivity index (χ3v) is 7.84. The molecule has 0 aliphatic rings. The van der Waals surface area contributed by atoms with Crippen LogP contribution in [0.2, 0.25) is 0 Å². The molecule has 7 N–H and O–H groups in total. The standard InChI is InChI=1S/C37H52N8O8/c1-37(2,3)53-36(50)41-19-11-20-45(44-51)21-16-32(47)39-17-8-5-9-18-40-35(49)29(23-31(38)46)43-33(48)22-27-24-42-28-14-10-15-30(34(27)28)52-25-26-12-6-4-7-13-26/h4,6-7,10,12-15,24,29,42H,5,8-9,11,16-23,25H2,1-3H3,(H2,38,46)(H,39,47)(H,40,49)(H,41,50)(H,43,48). The highest BCUT2D eigenvalue weighted by Crippen LogP contribution is 2.30. The average Bonchev–Trinajstić information content (AvgIpc) is 3.52. The average molecular weight is 737 g/mol. The zero-order chi connectivity index (χ0) is 38.6. The van der Waals surface area contributed by atoms with Crippen molar-refractivity contribution in [2.75, 3.05) is 32.7 Å². The summed E-state index contributed by atoms with van der Waals surface area (Å²) in [6.45, 7) is 7.06. The van der Waals surface area contributed by atoms with Gasteiger partial charge in [0.2, 0.25) is 23.6 Å². The fraction of sp³-hybridized carbons (Fsp3) is 0.486. The summed E-state index contributed by atoms with van der Waals surface area (Å²) in [6.07, 6.45) is 3.23. The number of ether oxygens (including phenoxy) is 2. The highest BCUT2D eigenvalue weighted by atomic mass is 16.6. The summed E-state index contributed by atoms with van der Waals surface area (Å²) in [5.74, 6) is -1.32. The lowest BCUT2D eigenvalue weighted by molar-refractivity contribution is -0.131. The monoisotopic (exact) mass is 736 g/mol. The van der Waals surface area contributed by atoms with E-state index in [2.05, 4.69) is 31.5 Å². The zero-order valence-corrected chi connectivity index (χ0v) is 30.7. The number of unbranched alkanes of at least 4 members (excludes halogenated alkanes) is 2. The maximum atomic E-state index is 13.1. The molecule has 0 bridgehead atoms. The van der Waals surface area contributed by atoms with E-state index < -0.39 is 35.5 Å². The number of nitrogens with one attached hydrogen (secondary N) is 5. The summed E-state index contributed by atoms with van der Waals surface area (Å²) < 4.78 is 11.2. The number of carbonyl (C=O) groups is 5. The topological polar surface area (TPSA) is 226 Å². The van der Waals surface area contributed by atoms with Gasteiger partial charge in [0.05, 0.1) is 18.1 Å². The molecular weight excluding hydrogens is 684 g/mol. The molecule has 5 amide bonds. The van der Waals surface area contributed by atoms with E-state index in [9.17, 15) is 28.9 Å². The first-order chi connectivity index (χ1) is 25.3. The highest BCUT2D eigenvalue weighted by Gasteiger charge is 2.24. The smallest absolute Gasteiger partial charge is 0.407 e. The van der Waals surface area contributed by atoms with Crippen LogP contribution >= 0.6 is 0 Å². The fourth-order valence-electron chi connectivity index (χ4n) is 5.31. The van der Waals surface area contributed by atoms with Crippen LogP contribution in [0.3, 0.4) is 0 Å². The third-order valence-electron chi connectivity index (χ3n) is 7.84. The molecule has 0 aliphatic heterocycles. The van der Waals surface area contributed by atoms with Crippen LogP contribution in [0.25, 0.3) is 10.9 Å². The maximum absolute atomic E-state index is 13.1. The Morgan fingerprint density at radius 3 is 2.28 bits per heavy atom. The van der Waals surface area contributed by atoms with E-state index in [-0.39, 0.29) is 38.3 Å². The molecular formula is C37H52N8O8. The predicted octanol–water partition coefficient (Wildman–Crippen LogP) is 3.34. The Morgan fingerprint density at radius 2 is 1.58 bits per heavy atom. The number of aromatic amines is 1. The molecule has 0 radical (unpaired) electrons. The highest BCUT2D eigenvalue weighted by molar-refractivity contribution is 5.95. The van der Waals surface area contributed by atoms with Gasteiger partial charge in [-0.25, -0.2) is 4.79 Å². The molecule has 16 nitrogen and oxygen atoms in total. The van der Waals surface area contributed by atoms with E-state index in [4.69, 9.17) is 15.2 Å². The first-order valence-corrected chi connectivity index (χ1v) is 17.8. The number of nitrogens with two attached hydrogens (primary N) is 1. The number of H-pyrrole nitrogens is 1. The number of primary amides is 1. The molecule has 0 aliphatic carbocycles. The number of fused-ring (bicyclic) bond motifs is 1. The van der Waals surface area contributed by atoms with Crippen LogP contribution in [0.1, 0.15) is 70.4 Å². The molecule has 1 heterocycles. The van der Waals surface area contributed by atoms with Gasteiger partial charge in [0.25, 0.3) is 0 Å². The van der Waals surface area contributed by atoms with E-state index in [1.807, 2.05) is 48.5 Å². The van der Waals surface area contributed by atoms with Gasteiger partial charge in [-0.15, -0.1) is 4.91 Å². The van der Waals surface area contributed by atoms with Crippen LogP contribution in [0, 0.1) is 4.91 Å². The SMILES string of the molecule is CC(C)(C)OC(=O)NCCCN(CCC(=O)NCCCCCNC(=O)C(CC(N)=O)NC(=O)Cc1c[nH]c2cccc(OCc3ccccc3)c12)N=O. The predicted molar refractivity (Wildman–Crippen MR) is 199 cm³/mol. The Labute approximate surface area is 309 Å². The molecule has 16 heteroatoms. The van der Waals surface area contributed by atoms with Gasteiger partial charge >= 0.3 is 6.09 Å². The van der Waals surface area contributed by atoms with Crippen LogP contribution in [0.15, 0.2) is 60.0 Å². The molecule has 0 saturated carbocycles. The number of nitrogens with zero attached hydrogens (tertiary/aromatic N) is 2. The quantitative estimate of drug-likeness (QED) is 0.0476. The molecule has 288 valence electrons. The summed E-state index contributed by atoms with van der Waals surface area (Å²) in [5, 5.41) is 15.7. The van der Waals surface area contributed by atoms with Crippen molar-refractivity contribution in [3.8, 4) is 5.75 Å². The molecule has 0 saturated heterocycles. The second-order valence-corrected chi connectivity index (χ2v) is 13.5.